The SMILES string of the molecule is O=C(NCc1cccc(CO)c1)c1ccc(Br)s1. The molecular formula is C13H12BrNO2S. The fraction of sp³-hybridized carbons (Fsp3) is 0.154. The van der Waals surface area contributed by atoms with Crippen LogP contribution in [0.1, 0.15) is 20.8 Å². The Kier molecular flexibility index (Phi) is 4.52. The number of aliphatic hydroxyl groups excluding tert-OH is 1. The van der Waals surface area contributed by atoms with E-state index in [0.717, 1.165) is 14.9 Å². The van der Waals surface area contributed by atoms with Gasteiger partial charge in [0.2, 0.25) is 0 Å². The van der Waals surface area contributed by atoms with Gasteiger partial charge in [0.05, 0.1) is 15.3 Å². The molecule has 0 atom stereocenters. The number of benzene rings is 1. The summed E-state index contributed by atoms with van der Waals surface area (Å²) in [4.78, 5) is 12.5. The highest BCUT2D eigenvalue weighted by molar-refractivity contribution is 9.11. The standard InChI is InChI=1S/C13H12BrNO2S/c14-12-5-4-11(18-12)13(17)15-7-9-2-1-3-10(6-9)8-16/h1-6,16H,7-8H2,(H,15,17). The normalized spacial score (nSPS) is 10.3. The highest BCUT2D eigenvalue weighted by Gasteiger charge is 2.07. The van der Waals surface area contributed by atoms with Gasteiger partial charge in [-0.25, -0.2) is 0 Å². The second-order valence-corrected chi connectivity index (χ2v) is 6.23. The van der Waals surface area contributed by atoms with Crippen LogP contribution in [0.5, 0.6) is 0 Å². The van der Waals surface area contributed by atoms with Gasteiger partial charge in [0.15, 0.2) is 0 Å². The molecule has 0 fully saturated rings. The first kappa shape index (κ1) is 13.3. The van der Waals surface area contributed by atoms with E-state index in [1.807, 2.05) is 30.3 Å². The Labute approximate surface area is 118 Å². The third-order valence-electron chi connectivity index (χ3n) is 2.42. The molecule has 5 heteroatoms. The van der Waals surface area contributed by atoms with Crippen LogP contribution in [0.4, 0.5) is 0 Å². The van der Waals surface area contributed by atoms with Gasteiger partial charge >= 0.3 is 0 Å². The molecule has 1 aromatic heterocycles. The predicted molar refractivity (Wildman–Crippen MR) is 75.6 cm³/mol. The molecular weight excluding hydrogens is 314 g/mol. The molecule has 0 unspecified atom stereocenters. The Balaban J connectivity index is 1.97. The average molecular weight is 326 g/mol. The summed E-state index contributed by atoms with van der Waals surface area (Å²) in [6.07, 6.45) is 0. The molecule has 2 N–H and O–H groups in total. The fourth-order valence-corrected chi connectivity index (χ4v) is 2.85. The minimum Gasteiger partial charge on any atom is -0.392 e. The summed E-state index contributed by atoms with van der Waals surface area (Å²) in [6.45, 7) is 0.474. The van der Waals surface area contributed by atoms with Crippen LogP contribution in [0.25, 0.3) is 0 Å². The molecule has 2 aromatic rings. The van der Waals surface area contributed by atoms with Gasteiger partial charge in [-0.3, -0.25) is 4.79 Å². The van der Waals surface area contributed by atoms with Gasteiger partial charge in [-0.05, 0) is 39.2 Å². The van der Waals surface area contributed by atoms with Crippen LogP contribution in [-0.4, -0.2) is 11.0 Å². The Bertz CT molecular complexity index is 553. The number of carbonyl (C=O) groups excluding carboxylic acids is 1. The van der Waals surface area contributed by atoms with Gasteiger partial charge in [0, 0.05) is 6.54 Å². The molecule has 0 aliphatic carbocycles. The molecule has 2 rings (SSSR count). The number of hydrogen-bond acceptors (Lipinski definition) is 3. The Morgan fingerprint density at radius 2 is 2.06 bits per heavy atom. The second-order valence-electron chi connectivity index (χ2n) is 3.76. The highest BCUT2D eigenvalue weighted by atomic mass is 79.9. The summed E-state index contributed by atoms with van der Waals surface area (Å²) < 4.78 is 0.940. The highest BCUT2D eigenvalue weighted by Crippen LogP contribution is 2.21. The Morgan fingerprint density at radius 3 is 2.72 bits per heavy atom. The smallest absolute Gasteiger partial charge is 0.261 e. The lowest BCUT2D eigenvalue weighted by Crippen LogP contribution is -2.21. The van der Waals surface area contributed by atoms with E-state index in [1.165, 1.54) is 11.3 Å². The van der Waals surface area contributed by atoms with E-state index in [0.29, 0.717) is 11.4 Å². The molecule has 0 saturated carbocycles. The van der Waals surface area contributed by atoms with Crippen LogP contribution >= 0.6 is 27.3 Å². The van der Waals surface area contributed by atoms with Crippen molar-refractivity contribution in [2.75, 3.05) is 0 Å². The maximum absolute atomic E-state index is 11.8. The van der Waals surface area contributed by atoms with Crippen molar-refractivity contribution >= 4 is 33.2 Å². The summed E-state index contributed by atoms with van der Waals surface area (Å²) in [5.41, 5.74) is 1.83. The fourth-order valence-electron chi connectivity index (χ4n) is 1.54. The molecule has 1 heterocycles. The van der Waals surface area contributed by atoms with Crippen LogP contribution in [0.2, 0.25) is 0 Å². The van der Waals surface area contributed by atoms with Crippen molar-refractivity contribution < 1.29 is 9.90 Å². The quantitative estimate of drug-likeness (QED) is 0.908. The van der Waals surface area contributed by atoms with Crippen molar-refractivity contribution in [2.24, 2.45) is 0 Å². The Morgan fingerprint density at radius 1 is 1.28 bits per heavy atom. The lowest BCUT2D eigenvalue weighted by atomic mass is 10.1. The van der Waals surface area contributed by atoms with Crippen LogP contribution in [0.15, 0.2) is 40.2 Å². The number of hydrogen-bond donors (Lipinski definition) is 2. The molecule has 0 saturated heterocycles. The first-order valence-electron chi connectivity index (χ1n) is 5.41. The zero-order chi connectivity index (χ0) is 13.0. The summed E-state index contributed by atoms with van der Waals surface area (Å²) in [7, 11) is 0. The van der Waals surface area contributed by atoms with Crippen molar-refractivity contribution in [2.45, 2.75) is 13.2 Å². The van der Waals surface area contributed by atoms with E-state index in [1.54, 1.807) is 6.07 Å². The zero-order valence-electron chi connectivity index (χ0n) is 9.52. The topological polar surface area (TPSA) is 49.3 Å². The molecule has 0 spiro atoms. The molecule has 94 valence electrons. The number of thiophene rings is 1. The van der Waals surface area contributed by atoms with Crippen molar-refractivity contribution in [3.63, 3.8) is 0 Å². The van der Waals surface area contributed by atoms with Gasteiger partial charge in [0.25, 0.3) is 5.91 Å². The number of aliphatic hydroxyl groups is 1. The van der Waals surface area contributed by atoms with Gasteiger partial charge in [0.1, 0.15) is 0 Å². The number of nitrogens with one attached hydrogen (secondary N) is 1. The van der Waals surface area contributed by atoms with E-state index in [9.17, 15) is 4.79 Å². The summed E-state index contributed by atoms with van der Waals surface area (Å²) >= 11 is 4.73. The summed E-state index contributed by atoms with van der Waals surface area (Å²) in [5.74, 6) is -0.0832. The number of halogens is 1. The summed E-state index contributed by atoms with van der Waals surface area (Å²) in [6, 6.07) is 11.2. The molecule has 0 radical (unpaired) electrons. The van der Waals surface area contributed by atoms with Gasteiger partial charge in [-0.2, -0.15) is 0 Å². The van der Waals surface area contributed by atoms with E-state index in [2.05, 4.69) is 21.2 Å². The zero-order valence-corrected chi connectivity index (χ0v) is 11.9. The van der Waals surface area contributed by atoms with Crippen LogP contribution in [-0.2, 0) is 13.2 Å². The van der Waals surface area contributed by atoms with E-state index >= 15 is 0 Å². The van der Waals surface area contributed by atoms with Crippen molar-refractivity contribution in [3.05, 3.63) is 56.2 Å². The number of rotatable bonds is 4. The van der Waals surface area contributed by atoms with Crippen molar-refractivity contribution in [1.29, 1.82) is 0 Å². The van der Waals surface area contributed by atoms with Gasteiger partial charge in [-0.1, -0.05) is 24.3 Å². The maximum Gasteiger partial charge on any atom is 0.261 e. The van der Waals surface area contributed by atoms with Crippen molar-refractivity contribution in [3.8, 4) is 0 Å². The average Bonchev–Trinajstić information content (AvgIpc) is 2.83. The number of carbonyl (C=O) groups is 1. The minimum absolute atomic E-state index is 0.0135. The molecule has 0 aliphatic heterocycles. The van der Waals surface area contributed by atoms with Gasteiger partial charge in [-0.15, -0.1) is 11.3 Å². The minimum atomic E-state index is -0.0832. The second kappa shape index (κ2) is 6.13. The molecule has 1 amide bonds. The largest absolute Gasteiger partial charge is 0.392 e. The lowest BCUT2D eigenvalue weighted by molar-refractivity contribution is 0.0955. The van der Waals surface area contributed by atoms with Crippen LogP contribution < -0.4 is 5.32 Å². The molecule has 1 aromatic carbocycles. The maximum atomic E-state index is 11.8. The summed E-state index contributed by atoms with van der Waals surface area (Å²) in [5, 5.41) is 11.9. The third kappa shape index (κ3) is 3.41. The molecule has 0 bridgehead atoms. The first-order valence-corrected chi connectivity index (χ1v) is 7.02. The third-order valence-corrected chi connectivity index (χ3v) is 4.05. The van der Waals surface area contributed by atoms with Crippen molar-refractivity contribution in [1.82, 2.24) is 5.32 Å². The predicted octanol–water partition coefficient (Wildman–Crippen LogP) is 2.93. The molecule has 0 aliphatic rings. The molecule has 18 heavy (non-hydrogen) atoms. The van der Waals surface area contributed by atoms with E-state index < -0.39 is 0 Å². The van der Waals surface area contributed by atoms with Crippen LogP contribution in [0, 0.1) is 0 Å². The number of amides is 1. The van der Waals surface area contributed by atoms with Crippen LogP contribution in [0.3, 0.4) is 0 Å². The van der Waals surface area contributed by atoms with Gasteiger partial charge < -0.3 is 10.4 Å². The van der Waals surface area contributed by atoms with E-state index in [4.69, 9.17) is 5.11 Å². The lowest BCUT2D eigenvalue weighted by Gasteiger charge is -2.05. The molecule has 3 nitrogen and oxygen atoms in total. The monoisotopic (exact) mass is 325 g/mol. The Hall–Kier alpha value is -1.17. The first-order chi connectivity index (χ1) is 8.69. The van der Waals surface area contributed by atoms with E-state index in [-0.39, 0.29) is 12.5 Å².